The van der Waals surface area contributed by atoms with Crippen LogP contribution in [0.3, 0.4) is 0 Å². The first-order valence-electron chi connectivity index (χ1n) is 10.9. The van der Waals surface area contributed by atoms with E-state index < -0.39 is 91.3 Å². The number of aliphatic carboxylic acids is 2. The van der Waals surface area contributed by atoms with Crippen molar-refractivity contribution in [2.75, 3.05) is 6.54 Å². The van der Waals surface area contributed by atoms with Gasteiger partial charge in [-0.05, 0) is 19.3 Å². The summed E-state index contributed by atoms with van der Waals surface area (Å²) in [5.41, 5.74) is 26.2. The van der Waals surface area contributed by atoms with E-state index in [4.69, 9.17) is 33.8 Å². The van der Waals surface area contributed by atoms with Gasteiger partial charge in [-0.25, -0.2) is 4.79 Å². The molecule has 0 rings (SSSR count). The molecule has 0 aromatic rings. The Bertz CT molecular complexity index is 905. The molecule has 0 aliphatic heterocycles. The standard InChI is InChI=1S/C19H33N9O9/c20-8(2-1-5-25-19(23)24)15(33)27-10(6-13(22)30)16(34)28-11(7-14(31)32)17(35)26-9(18(36)37)3-4-12(21)29/h8-11H,1-7,20H2,(H2,21,29)(H2,22,30)(H,26,35)(H,27,33)(H,28,34)(H,31,32)(H,36,37)(H4,23,24,25). The van der Waals surface area contributed by atoms with E-state index in [0.717, 1.165) is 0 Å². The summed E-state index contributed by atoms with van der Waals surface area (Å²) in [7, 11) is 0. The first kappa shape index (κ1) is 32.5. The fourth-order valence-corrected chi connectivity index (χ4v) is 2.81. The fraction of sp³-hybridized carbons (Fsp3) is 0.579. The molecule has 4 atom stereocenters. The molecule has 4 unspecified atom stereocenters. The molecule has 0 saturated carbocycles. The van der Waals surface area contributed by atoms with Crippen molar-refractivity contribution in [3.63, 3.8) is 0 Å². The average molecular weight is 532 g/mol. The Balaban J connectivity index is 5.46. The summed E-state index contributed by atoms with van der Waals surface area (Å²) in [6.45, 7) is 0.178. The second kappa shape index (κ2) is 16.2. The van der Waals surface area contributed by atoms with Crippen LogP contribution in [0, 0.1) is 0 Å². The van der Waals surface area contributed by atoms with E-state index in [1.165, 1.54) is 0 Å². The van der Waals surface area contributed by atoms with Gasteiger partial charge >= 0.3 is 11.9 Å². The zero-order valence-electron chi connectivity index (χ0n) is 19.8. The van der Waals surface area contributed by atoms with Crippen molar-refractivity contribution in [2.45, 2.75) is 62.7 Å². The van der Waals surface area contributed by atoms with Gasteiger partial charge in [-0.2, -0.15) is 0 Å². The van der Waals surface area contributed by atoms with Gasteiger partial charge in [0.05, 0.1) is 18.9 Å². The number of rotatable bonds is 18. The number of nitrogens with one attached hydrogen (secondary N) is 3. The molecule has 37 heavy (non-hydrogen) atoms. The summed E-state index contributed by atoms with van der Waals surface area (Å²) in [6.07, 6.45) is -2.10. The molecule has 15 N–H and O–H groups in total. The first-order valence-corrected chi connectivity index (χ1v) is 10.9. The van der Waals surface area contributed by atoms with Crippen LogP contribution in [-0.2, 0) is 33.6 Å². The third-order valence-electron chi connectivity index (χ3n) is 4.65. The van der Waals surface area contributed by atoms with Crippen molar-refractivity contribution in [1.82, 2.24) is 16.0 Å². The number of primary amides is 2. The van der Waals surface area contributed by atoms with Crippen molar-refractivity contribution < 1.29 is 43.8 Å². The number of amides is 5. The maximum atomic E-state index is 12.7. The topological polar surface area (TPSA) is 338 Å². The maximum Gasteiger partial charge on any atom is 0.326 e. The molecule has 0 aromatic carbocycles. The number of aliphatic imine (C=N–C) groups is 1. The van der Waals surface area contributed by atoms with Gasteiger partial charge in [0.2, 0.25) is 29.5 Å². The summed E-state index contributed by atoms with van der Waals surface area (Å²) < 4.78 is 0. The minimum Gasteiger partial charge on any atom is -0.481 e. The van der Waals surface area contributed by atoms with Crippen LogP contribution in [0.5, 0.6) is 0 Å². The van der Waals surface area contributed by atoms with E-state index in [1.54, 1.807) is 0 Å². The van der Waals surface area contributed by atoms with E-state index in [1.807, 2.05) is 10.6 Å². The molecule has 5 amide bonds. The molecule has 0 aromatic heterocycles. The third-order valence-corrected chi connectivity index (χ3v) is 4.65. The lowest BCUT2D eigenvalue weighted by Gasteiger charge is -2.24. The average Bonchev–Trinajstić information content (AvgIpc) is 2.76. The predicted octanol–water partition coefficient (Wildman–Crippen LogP) is -5.48. The van der Waals surface area contributed by atoms with E-state index >= 15 is 0 Å². The van der Waals surface area contributed by atoms with E-state index in [-0.39, 0.29) is 18.9 Å². The number of carboxylic acid groups (broad SMARTS) is 2. The molecule has 0 aliphatic carbocycles. The Morgan fingerprint density at radius 3 is 1.68 bits per heavy atom. The predicted molar refractivity (Wildman–Crippen MR) is 126 cm³/mol. The van der Waals surface area contributed by atoms with Gasteiger partial charge in [0.25, 0.3) is 0 Å². The highest BCUT2D eigenvalue weighted by molar-refractivity contribution is 5.97. The maximum absolute atomic E-state index is 12.7. The Kier molecular flexibility index (Phi) is 14.3. The van der Waals surface area contributed by atoms with Crippen molar-refractivity contribution in [3.8, 4) is 0 Å². The van der Waals surface area contributed by atoms with Crippen molar-refractivity contribution >= 4 is 47.4 Å². The lowest BCUT2D eigenvalue weighted by Crippen LogP contribution is -2.58. The molecule has 18 heteroatoms. The van der Waals surface area contributed by atoms with Gasteiger partial charge in [0, 0.05) is 13.0 Å². The molecular weight excluding hydrogens is 498 g/mol. The SMILES string of the molecule is NC(=O)CCC(NC(=O)C(CC(=O)O)NC(=O)C(CC(N)=O)NC(=O)C(N)CCCN=C(N)N)C(=O)O. The largest absolute Gasteiger partial charge is 0.481 e. The summed E-state index contributed by atoms with van der Waals surface area (Å²) in [6, 6.07) is -6.22. The highest BCUT2D eigenvalue weighted by atomic mass is 16.4. The minimum atomic E-state index is -1.82. The lowest BCUT2D eigenvalue weighted by molar-refractivity contribution is -0.144. The van der Waals surface area contributed by atoms with Gasteiger partial charge in [-0.15, -0.1) is 0 Å². The zero-order valence-corrected chi connectivity index (χ0v) is 19.8. The van der Waals surface area contributed by atoms with Crippen LogP contribution in [-0.4, -0.2) is 88.4 Å². The highest BCUT2D eigenvalue weighted by Crippen LogP contribution is 2.03. The third kappa shape index (κ3) is 14.5. The normalized spacial score (nSPS) is 13.6. The molecule has 0 fully saturated rings. The van der Waals surface area contributed by atoms with Gasteiger partial charge in [0.1, 0.15) is 18.1 Å². The van der Waals surface area contributed by atoms with Crippen LogP contribution in [0.15, 0.2) is 4.99 Å². The lowest BCUT2D eigenvalue weighted by atomic mass is 10.1. The molecule has 0 aliphatic rings. The Hall–Kier alpha value is -4.48. The van der Waals surface area contributed by atoms with Crippen LogP contribution in [0.25, 0.3) is 0 Å². The van der Waals surface area contributed by atoms with Gasteiger partial charge < -0.3 is 54.8 Å². The second-order valence-corrected chi connectivity index (χ2v) is 7.85. The smallest absolute Gasteiger partial charge is 0.326 e. The molecule has 0 saturated heterocycles. The summed E-state index contributed by atoms with van der Waals surface area (Å²) in [4.78, 5) is 86.3. The molecular formula is C19H33N9O9. The van der Waals surface area contributed by atoms with Gasteiger partial charge in [-0.3, -0.25) is 33.8 Å². The second-order valence-electron chi connectivity index (χ2n) is 7.85. The van der Waals surface area contributed by atoms with E-state index in [0.29, 0.717) is 6.42 Å². The molecule has 208 valence electrons. The van der Waals surface area contributed by atoms with Crippen molar-refractivity contribution in [3.05, 3.63) is 0 Å². The molecule has 0 heterocycles. The van der Waals surface area contributed by atoms with Crippen LogP contribution in [0.4, 0.5) is 0 Å². The van der Waals surface area contributed by atoms with E-state index in [2.05, 4.69) is 10.3 Å². The number of carbonyl (C=O) groups excluding carboxylic acids is 5. The van der Waals surface area contributed by atoms with Crippen LogP contribution in [0.1, 0.15) is 38.5 Å². The number of nitrogens with two attached hydrogens (primary N) is 5. The summed E-state index contributed by atoms with van der Waals surface area (Å²) in [5.74, 6) is -8.32. The number of carbonyl (C=O) groups is 7. The molecule has 18 nitrogen and oxygen atoms in total. The van der Waals surface area contributed by atoms with Crippen molar-refractivity contribution in [1.29, 1.82) is 0 Å². The number of carboxylic acids is 2. The summed E-state index contributed by atoms with van der Waals surface area (Å²) in [5, 5.41) is 24.6. The van der Waals surface area contributed by atoms with Gasteiger partial charge in [-0.1, -0.05) is 0 Å². The number of hydrogen-bond acceptors (Lipinski definition) is 9. The van der Waals surface area contributed by atoms with Crippen molar-refractivity contribution in [2.24, 2.45) is 33.7 Å². The number of hydrogen-bond donors (Lipinski definition) is 10. The van der Waals surface area contributed by atoms with Crippen LogP contribution < -0.4 is 44.6 Å². The summed E-state index contributed by atoms with van der Waals surface area (Å²) >= 11 is 0. The fourth-order valence-electron chi connectivity index (χ4n) is 2.81. The zero-order chi connectivity index (χ0) is 28.7. The highest BCUT2D eigenvalue weighted by Gasteiger charge is 2.32. The van der Waals surface area contributed by atoms with Gasteiger partial charge in [0.15, 0.2) is 5.96 Å². The molecule has 0 bridgehead atoms. The minimum absolute atomic E-state index is 0.0967. The first-order chi connectivity index (χ1) is 17.1. The monoisotopic (exact) mass is 531 g/mol. The molecule has 0 spiro atoms. The number of guanidine groups is 1. The number of nitrogens with zero attached hydrogens (tertiary/aromatic N) is 1. The Morgan fingerprint density at radius 2 is 1.22 bits per heavy atom. The Labute approximate surface area is 210 Å². The quantitative estimate of drug-likeness (QED) is 0.0449. The van der Waals surface area contributed by atoms with Crippen LogP contribution in [0.2, 0.25) is 0 Å². The van der Waals surface area contributed by atoms with Crippen LogP contribution >= 0.6 is 0 Å². The Morgan fingerprint density at radius 1 is 0.703 bits per heavy atom. The molecule has 0 radical (unpaired) electrons. The van der Waals surface area contributed by atoms with E-state index in [9.17, 15) is 38.7 Å².